The van der Waals surface area contributed by atoms with E-state index in [0.717, 1.165) is 25.7 Å². The molecule has 0 radical (unpaired) electrons. The maximum Gasteiger partial charge on any atom is 0.421 e. The molecule has 1 aromatic carbocycles. The third kappa shape index (κ3) is 3.21. The van der Waals surface area contributed by atoms with Crippen molar-refractivity contribution in [1.82, 2.24) is 5.32 Å². The maximum absolute atomic E-state index is 12.8. The summed E-state index contributed by atoms with van der Waals surface area (Å²) < 4.78 is 38.5. The summed E-state index contributed by atoms with van der Waals surface area (Å²) >= 11 is 0. The van der Waals surface area contributed by atoms with E-state index in [9.17, 15) is 18.3 Å². The van der Waals surface area contributed by atoms with Crippen LogP contribution in [0.1, 0.15) is 19.4 Å². The number of hydrogen-bond donors (Lipinski definition) is 2. The molecule has 0 aliphatic carbocycles. The molecule has 0 saturated carbocycles. The summed E-state index contributed by atoms with van der Waals surface area (Å²) in [5.41, 5.74) is -2.22. The fourth-order valence-corrected chi connectivity index (χ4v) is 2.45. The van der Waals surface area contributed by atoms with Crippen molar-refractivity contribution >= 4 is 5.69 Å². The third-order valence-corrected chi connectivity index (χ3v) is 3.87. The van der Waals surface area contributed by atoms with Crippen molar-refractivity contribution in [1.29, 1.82) is 0 Å². The molecular weight excluding hydrogens is 293 g/mol. The number of nitrogens with one attached hydrogen (secondary N) is 1. The van der Waals surface area contributed by atoms with Gasteiger partial charge in [-0.3, -0.25) is 0 Å². The van der Waals surface area contributed by atoms with E-state index in [4.69, 9.17) is 0 Å². The number of hydrogen-bond acceptors (Lipinski definition) is 3. The summed E-state index contributed by atoms with van der Waals surface area (Å²) in [6.07, 6.45) is -4.71. The molecule has 1 fully saturated rings. The molecule has 1 saturated heterocycles. The molecule has 0 aromatic heterocycles. The summed E-state index contributed by atoms with van der Waals surface area (Å²) in [4.78, 5) is 2.05. The smallest absolute Gasteiger partial charge is 0.376 e. The summed E-state index contributed by atoms with van der Waals surface area (Å²) in [5, 5.41) is 12.9. The van der Waals surface area contributed by atoms with Crippen LogP contribution in [0, 0.1) is 11.8 Å². The van der Waals surface area contributed by atoms with Crippen molar-refractivity contribution in [2.75, 3.05) is 24.5 Å². The first-order valence-corrected chi connectivity index (χ1v) is 7.06. The average molecular weight is 312 g/mol. The SMILES string of the molecule is CC#C[C@H]1CNCCN1c1ccc(C(C)(O)C(F)(F)F)cc1. The molecule has 0 amide bonds. The quantitative estimate of drug-likeness (QED) is 0.822. The van der Waals surface area contributed by atoms with Gasteiger partial charge in [-0.2, -0.15) is 13.2 Å². The number of rotatable bonds is 2. The molecule has 0 spiro atoms. The Morgan fingerprint density at radius 3 is 2.45 bits per heavy atom. The van der Waals surface area contributed by atoms with Gasteiger partial charge in [-0.05, 0) is 31.5 Å². The van der Waals surface area contributed by atoms with Gasteiger partial charge in [-0.15, -0.1) is 5.92 Å². The second-order valence-electron chi connectivity index (χ2n) is 5.42. The van der Waals surface area contributed by atoms with Gasteiger partial charge in [0.15, 0.2) is 5.60 Å². The van der Waals surface area contributed by atoms with Crippen LogP contribution in [0.25, 0.3) is 0 Å². The lowest BCUT2D eigenvalue weighted by atomic mass is 9.95. The molecule has 1 unspecified atom stereocenters. The summed E-state index contributed by atoms with van der Waals surface area (Å²) in [5.74, 6) is 5.96. The first kappa shape index (κ1) is 16.7. The van der Waals surface area contributed by atoms with Crippen molar-refractivity contribution in [2.24, 2.45) is 0 Å². The normalized spacial score (nSPS) is 21.7. The zero-order chi connectivity index (χ0) is 16.4. The molecule has 1 aliphatic rings. The molecule has 120 valence electrons. The van der Waals surface area contributed by atoms with Crippen LogP contribution in [0.2, 0.25) is 0 Å². The second-order valence-corrected chi connectivity index (χ2v) is 5.42. The van der Waals surface area contributed by atoms with E-state index in [1.807, 2.05) is 0 Å². The Labute approximate surface area is 128 Å². The van der Waals surface area contributed by atoms with Crippen molar-refractivity contribution in [2.45, 2.75) is 31.7 Å². The molecule has 2 atom stereocenters. The number of alkyl halides is 3. The summed E-state index contributed by atoms with van der Waals surface area (Å²) in [7, 11) is 0. The van der Waals surface area contributed by atoms with E-state index >= 15 is 0 Å². The summed E-state index contributed by atoms with van der Waals surface area (Å²) in [6.45, 7) is 4.76. The lowest BCUT2D eigenvalue weighted by Gasteiger charge is -2.35. The minimum absolute atomic E-state index is 0.00673. The van der Waals surface area contributed by atoms with Gasteiger partial charge in [-0.25, -0.2) is 0 Å². The van der Waals surface area contributed by atoms with Crippen LogP contribution in [0.4, 0.5) is 18.9 Å². The number of anilines is 1. The number of halogens is 3. The number of aliphatic hydroxyl groups is 1. The van der Waals surface area contributed by atoms with Gasteiger partial charge < -0.3 is 15.3 Å². The van der Waals surface area contributed by atoms with Crippen LogP contribution >= 0.6 is 0 Å². The lowest BCUT2D eigenvalue weighted by Crippen LogP contribution is -2.50. The predicted molar refractivity (Wildman–Crippen MR) is 79.5 cm³/mol. The third-order valence-electron chi connectivity index (χ3n) is 3.87. The molecule has 3 nitrogen and oxygen atoms in total. The van der Waals surface area contributed by atoms with Crippen LogP contribution in [0.15, 0.2) is 24.3 Å². The largest absolute Gasteiger partial charge is 0.421 e. The fourth-order valence-electron chi connectivity index (χ4n) is 2.45. The highest BCUT2D eigenvalue weighted by molar-refractivity contribution is 5.52. The Morgan fingerprint density at radius 2 is 1.91 bits per heavy atom. The Bertz CT molecular complexity index is 570. The van der Waals surface area contributed by atoms with Crippen molar-refractivity contribution in [3.63, 3.8) is 0 Å². The van der Waals surface area contributed by atoms with Crippen LogP contribution in [0.5, 0.6) is 0 Å². The van der Waals surface area contributed by atoms with E-state index in [0.29, 0.717) is 6.54 Å². The van der Waals surface area contributed by atoms with Crippen LogP contribution in [0.3, 0.4) is 0 Å². The highest BCUT2D eigenvalue weighted by atomic mass is 19.4. The topological polar surface area (TPSA) is 35.5 Å². The summed E-state index contributed by atoms with van der Waals surface area (Å²) in [6, 6.07) is 5.84. The Kier molecular flexibility index (Phi) is 4.69. The van der Waals surface area contributed by atoms with Gasteiger partial charge in [0.05, 0.1) is 0 Å². The number of benzene rings is 1. The fraction of sp³-hybridized carbons (Fsp3) is 0.500. The van der Waals surface area contributed by atoms with E-state index in [-0.39, 0.29) is 11.6 Å². The molecule has 1 heterocycles. The Morgan fingerprint density at radius 1 is 1.27 bits per heavy atom. The highest BCUT2D eigenvalue weighted by Crippen LogP contribution is 2.38. The zero-order valence-corrected chi connectivity index (χ0v) is 12.5. The lowest BCUT2D eigenvalue weighted by molar-refractivity contribution is -0.258. The van der Waals surface area contributed by atoms with Gasteiger partial charge in [-0.1, -0.05) is 18.1 Å². The van der Waals surface area contributed by atoms with Crippen molar-refractivity contribution in [3.8, 4) is 11.8 Å². The van der Waals surface area contributed by atoms with Gasteiger partial charge in [0.2, 0.25) is 0 Å². The van der Waals surface area contributed by atoms with Gasteiger partial charge in [0.1, 0.15) is 6.04 Å². The molecular formula is C16H19F3N2O. The van der Waals surface area contributed by atoms with Crippen LogP contribution in [-0.4, -0.2) is 37.0 Å². The Balaban J connectivity index is 2.26. The highest BCUT2D eigenvalue weighted by Gasteiger charge is 2.51. The molecule has 1 aliphatic heterocycles. The Hall–Kier alpha value is -1.71. The van der Waals surface area contributed by atoms with Crippen molar-refractivity contribution < 1.29 is 18.3 Å². The van der Waals surface area contributed by atoms with Gasteiger partial charge in [0, 0.05) is 25.3 Å². The first-order valence-electron chi connectivity index (χ1n) is 7.06. The number of piperazine rings is 1. The predicted octanol–water partition coefficient (Wildman–Crippen LogP) is 2.26. The van der Waals surface area contributed by atoms with Crippen molar-refractivity contribution in [3.05, 3.63) is 29.8 Å². The van der Waals surface area contributed by atoms with E-state index < -0.39 is 11.8 Å². The zero-order valence-electron chi connectivity index (χ0n) is 12.5. The molecule has 22 heavy (non-hydrogen) atoms. The van der Waals surface area contributed by atoms with Crippen LogP contribution < -0.4 is 10.2 Å². The minimum atomic E-state index is -4.71. The molecule has 2 N–H and O–H groups in total. The second kappa shape index (κ2) is 6.19. The molecule has 2 rings (SSSR count). The first-order chi connectivity index (χ1) is 10.3. The maximum atomic E-state index is 12.8. The van der Waals surface area contributed by atoms with E-state index in [1.54, 1.807) is 19.1 Å². The monoisotopic (exact) mass is 312 g/mol. The van der Waals surface area contributed by atoms with E-state index in [1.165, 1.54) is 12.1 Å². The molecule has 1 aromatic rings. The van der Waals surface area contributed by atoms with Crippen LogP contribution in [-0.2, 0) is 5.60 Å². The van der Waals surface area contributed by atoms with E-state index in [2.05, 4.69) is 22.1 Å². The minimum Gasteiger partial charge on any atom is -0.376 e. The molecule has 6 heteroatoms. The average Bonchev–Trinajstić information content (AvgIpc) is 2.47. The number of nitrogens with zero attached hydrogens (tertiary/aromatic N) is 1. The standard InChI is InChI=1S/C16H19F3N2O/c1-3-4-14-11-20-9-10-21(14)13-7-5-12(6-8-13)15(2,22)16(17,18)19/h5-8,14,20,22H,9-11H2,1-2H3/t14-,15?/m0/s1. The van der Waals surface area contributed by atoms with Gasteiger partial charge in [0.25, 0.3) is 0 Å². The van der Waals surface area contributed by atoms with Gasteiger partial charge >= 0.3 is 6.18 Å². The molecule has 0 bridgehead atoms.